The Balaban J connectivity index is 2.05. The third-order valence-corrected chi connectivity index (χ3v) is 3.24. The maximum atomic E-state index is 12.2. The number of aldehydes is 1. The Morgan fingerprint density at radius 3 is 2.71 bits per heavy atom. The highest BCUT2D eigenvalue weighted by Gasteiger charge is 2.28. The molecule has 21 heavy (non-hydrogen) atoms. The van der Waals surface area contributed by atoms with Gasteiger partial charge in [0.2, 0.25) is 5.91 Å². The quantitative estimate of drug-likeness (QED) is 0.852. The van der Waals surface area contributed by atoms with E-state index in [0.29, 0.717) is 24.3 Å². The van der Waals surface area contributed by atoms with Crippen molar-refractivity contribution in [2.24, 2.45) is 0 Å². The molecule has 1 aliphatic heterocycles. The van der Waals surface area contributed by atoms with Crippen LogP contribution in [0.15, 0.2) is 24.3 Å². The van der Waals surface area contributed by atoms with Crippen LogP contribution >= 0.6 is 0 Å². The van der Waals surface area contributed by atoms with Gasteiger partial charge in [0.15, 0.2) is 0 Å². The molecule has 1 aromatic rings. The number of hydrogen-bond donors (Lipinski definition) is 1. The monoisotopic (exact) mass is 289 g/mol. The number of benzene rings is 1. The molecule has 0 radical (unpaired) electrons. The molecule has 2 rings (SSSR count). The minimum atomic E-state index is -0.223. The van der Waals surface area contributed by atoms with Crippen LogP contribution < -0.4 is 10.2 Å². The van der Waals surface area contributed by atoms with Gasteiger partial charge in [0.05, 0.1) is 0 Å². The van der Waals surface area contributed by atoms with Crippen LogP contribution in [0.1, 0.15) is 24.2 Å². The van der Waals surface area contributed by atoms with E-state index in [-0.39, 0.29) is 24.5 Å². The molecule has 1 fully saturated rings. The fourth-order valence-electron chi connectivity index (χ4n) is 2.22. The normalized spacial score (nSPS) is 15.3. The summed E-state index contributed by atoms with van der Waals surface area (Å²) in [5.74, 6) is -0.150. The topological polar surface area (TPSA) is 69.7 Å². The summed E-state index contributed by atoms with van der Waals surface area (Å²) in [7, 11) is 0. The number of carbonyl (C=O) groups is 3. The van der Waals surface area contributed by atoms with E-state index in [2.05, 4.69) is 5.32 Å². The van der Waals surface area contributed by atoms with E-state index in [1.807, 2.05) is 13.8 Å². The number of nitrogens with one attached hydrogen (secondary N) is 1. The van der Waals surface area contributed by atoms with Gasteiger partial charge in [-0.05, 0) is 26.0 Å². The van der Waals surface area contributed by atoms with E-state index in [1.54, 1.807) is 29.2 Å². The number of nitrogens with zero attached hydrogens (tertiary/aromatic N) is 2. The lowest BCUT2D eigenvalue weighted by atomic mass is 10.2. The lowest BCUT2D eigenvalue weighted by molar-refractivity contribution is -0.120. The standard InChI is InChI=1S/C15H19N3O3/c1-11(2)16-15(21)17-6-7-18(14(20)9-17)13-5-3-4-12(8-13)10-19/h3-5,8,10-11H,6-7,9H2,1-2H3,(H,16,21). The number of piperazine rings is 1. The highest BCUT2D eigenvalue weighted by atomic mass is 16.2. The van der Waals surface area contributed by atoms with Crippen molar-refractivity contribution in [1.82, 2.24) is 10.2 Å². The Morgan fingerprint density at radius 2 is 2.10 bits per heavy atom. The van der Waals surface area contributed by atoms with Gasteiger partial charge in [-0.25, -0.2) is 4.79 Å². The molecule has 1 aliphatic rings. The van der Waals surface area contributed by atoms with Crippen molar-refractivity contribution < 1.29 is 14.4 Å². The molecule has 6 nitrogen and oxygen atoms in total. The van der Waals surface area contributed by atoms with E-state index < -0.39 is 0 Å². The molecule has 6 heteroatoms. The minimum Gasteiger partial charge on any atom is -0.336 e. The van der Waals surface area contributed by atoms with Gasteiger partial charge in [-0.15, -0.1) is 0 Å². The van der Waals surface area contributed by atoms with Crippen molar-refractivity contribution in [2.75, 3.05) is 24.5 Å². The molecule has 112 valence electrons. The van der Waals surface area contributed by atoms with Crippen molar-refractivity contribution >= 4 is 23.9 Å². The summed E-state index contributed by atoms with van der Waals surface area (Å²) in [5.41, 5.74) is 1.22. The second-order valence-corrected chi connectivity index (χ2v) is 5.28. The van der Waals surface area contributed by atoms with Gasteiger partial charge in [0, 0.05) is 30.4 Å². The zero-order chi connectivity index (χ0) is 15.4. The molecule has 3 amide bonds. The lowest BCUT2D eigenvalue weighted by Gasteiger charge is -2.34. The summed E-state index contributed by atoms with van der Waals surface area (Å²) in [6, 6.07) is 6.70. The predicted octanol–water partition coefficient (Wildman–Crippen LogP) is 1.27. The van der Waals surface area contributed by atoms with Crippen LogP contribution in [0.3, 0.4) is 0 Å². The highest BCUT2D eigenvalue weighted by Crippen LogP contribution is 2.18. The minimum absolute atomic E-state index is 0.0369. The maximum absolute atomic E-state index is 12.2. The molecule has 1 aromatic carbocycles. The second kappa shape index (κ2) is 6.39. The first kappa shape index (κ1) is 15.0. The Hall–Kier alpha value is -2.37. The van der Waals surface area contributed by atoms with Gasteiger partial charge < -0.3 is 15.1 Å². The third kappa shape index (κ3) is 3.59. The van der Waals surface area contributed by atoms with Crippen LogP contribution in [0.5, 0.6) is 0 Å². The Kier molecular flexibility index (Phi) is 4.57. The maximum Gasteiger partial charge on any atom is 0.318 e. The molecule has 0 aliphatic carbocycles. The van der Waals surface area contributed by atoms with Crippen molar-refractivity contribution in [3.63, 3.8) is 0 Å². The SMILES string of the molecule is CC(C)NC(=O)N1CCN(c2cccc(C=O)c2)C(=O)C1. The van der Waals surface area contributed by atoms with E-state index >= 15 is 0 Å². The Morgan fingerprint density at radius 1 is 1.33 bits per heavy atom. The zero-order valence-corrected chi connectivity index (χ0v) is 12.2. The van der Waals surface area contributed by atoms with Crippen LogP contribution in [0.4, 0.5) is 10.5 Å². The second-order valence-electron chi connectivity index (χ2n) is 5.28. The van der Waals surface area contributed by atoms with Crippen molar-refractivity contribution in [3.05, 3.63) is 29.8 Å². The fraction of sp³-hybridized carbons (Fsp3) is 0.400. The third-order valence-electron chi connectivity index (χ3n) is 3.24. The summed E-state index contributed by atoms with van der Waals surface area (Å²) in [5, 5.41) is 2.78. The first-order chi connectivity index (χ1) is 10.0. The number of urea groups is 1. The molecular weight excluding hydrogens is 270 g/mol. The fourth-order valence-corrected chi connectivity index (χ4v) is 2.22. The summed E-state index contributed by atoms with van der Waals surface area (Å²) < 4.78 is 0. The average Bonchev–Trinajstić information content (AvgIpc) is 2.46. The molecular formula is C15H19N3O3. The van der Waals surface area contributed by atoms with Crippen LogP contribution in [-0.4, -0.2) is 48.8 Å². The molecule has 0 saturated carbocycles. The summed E-state index contributed by atoms with van der Waals surface area (Å²) in [6.07, 6.45) is 0.750. The summed E-state index contributed by atoms with van der Waals surface area (Å²) >= 11 is 0. The van der Waals surface area contributed by atoms with E-state index in [4.69, 9.17) is 0 Å². The molecule has 1 N–H and O–H groups in total. The summed E-state index contributed by atoms with van der Waals surface area (Å²) in [4.78, 5) is 38.0. The molecule has 0 atom stereocenters. The largest absolute Gasteiger partial charge is 0.336 e. The van der Waals surface area contributed by atoms with Crippen molar-refractivity contribution in [2.45, 2.75) is 19.9 Å². The Labute approximate surface area is 123 Å². The van der Waals surface area contributed by atoms with Gasteiger partial charge in [-0.1, -0.05) is 12.1 Å². The molecule has 0 aromatic heterocycles. The lowest BCUT2D eigenvalue weighted by Crippen LogP contribution is -2.55. The number of anilines is 1. The van der Waals surface area contributed by atoms with Gasteiger partial charge in [-0.2, -0.15) is 0 Å². The predicted molar refractivity (Wildman–Crippen MR) is 79.4 cm³/mol. The first-order valence-electron chi connectivity index (χ1n) is 6.92. The number of amides is 3. The van der Waals surface area contributed by atoms with Crippen LogP contribution in [0.2, 0.25) is 0 Å². The average molecular weight is 289 g/mol. The van der Waals surface area contributed by atoms with Crippen molar-refractivity contribution in [3.8, 4) is 0 Å². The molecule has 0 spiro atoms. The van der Waals surface area contributed by atoms with E-state index in [0.717, 1.165) is 6.29 Å². The number of carbonyl (C=O) groups excluding carboxylic acids is 3. The molecule has 1 heterocycles. The zero-order valence-electron chi connectivity index (χ0n) is 12.2. The Bertz CT molecular complexity index is 557. The van der Waals surface area contributed by atoms with Crippen LogP contribution in [-0.2, 0) is 4.79 Å². The smallest absolute Gasteiger partial charge is 0.318 e. The van der Waals surface area contributed by atoms with Crippen molar-refractivity contribution in [1.29, 1.82) is 0 Å². The first-order valence-corrected chi connectivity index (χ1v) is 6.92. The molecule has 0 unspecified atom stereocenters. The van der Waals surface area contributed by atoms with Gasteiger partial charge >= 0.3 is 6.03 Å². The van der Waals surface area contributed by atoms with Gasteiger partial charge in [-0.3, -0.25) is 9.59 Å². The van der Waals surface area contributed by atoms with Gasteiger partial charge in [0.25, 0.3) is 0 Å². The van der Waals surface area contributed by atoms with E-state index in [1.165, 1.54) is 4.90 Å². The van der Waals surface area contributed by atoms with Crippen LogP contribution in [0, 0.1) is 0 Å². The van der Waals surface area contributed by atoms with Crippen LogP contribution in [0.25, 0.3) is 0 Å². The molecule has 0 bridgehead atoms. The number of rotatable bonds is 3. The number of hydrogen-bond acceptors (Lipinski definition) is 3. The van der Waals surface area contributed by atoms with E-state index in [9.17, 15) is 14.4 Å². The van der Waals surface area contributed by atoms with Gasteiger partial charge in [0.1, 0.15) is 12.8 Å². The molecule has 1 saturated heterocycles. The summed E-state index contributed by atoms with van der Waals surface area (Å²) in [6.45, 7) is 4.69. The highest BCUT2D eigenvalue weighted by molar-refractivity contribution is 5.98.